The van der Waals surface area contributed by atoms with E-state index in [9.17, 15) is 4.79 Å². The summed E-state index contributed by atoms with van der Waals surface area (Å²) in [5.74, 6) is 1.56. The van der Waals surface area contributed by atoms with E-state index in [1.54, 1.807) is 0 Å². The second kappa shape index (κ2) is 7.35. The molecule has 3 aromatic rings. The van der Waals surface area contributed by atoms with Gasteiger partial charge in [0.25, 0.3) is 5.91 Å². The lowest BCUT2D eigenvalue weighted by Crippen LogP contribution is -2.12. The van der Waals surface area contributed by atoms with Crippen LogP contribution in [0.4, 0.5) is 5.69 Å². The number of nitrogens with one attached hydrogen (secondary N) is 1. The van der Waals surface area contributed by atoms with Crippen molar-refractivity contribution in [1.29, 1.82) is 0 Å². The van der Waals surface area contributed by atoms with Gasteiger partial charge in [0, 0.05) is 22.7 Å². The van der Waals surface area contributed by atoms with Gasteiger partial charge >= 0.3 is 0 Å². The molecule has 1 fully saturated rings. The average molecular weight is 361 g/mol. The molecule has 5 nitrogen and oxygen atoms in total. The third-order valence-corrected chi connectivity index (χ3v) is 5.29. The predicted molar refractivity (Wildman–Crippen MR) is 105 cm³/mol. The molecule has 4 rings (SSSR count). The maximum absolute atomic E-state index is 12.5. The van der Waals surface area contributed by atoms with Gasteiger partial charge in [-0.15, -0.1) is 0 Å². The maximum atomic E-state index is 12.5. The topological polar surface area (TPSA) is 68.0 Å². The summed E-state index contributed by atoms with van der Waals surface area (Å²) in [7, 11) is 0. The Bertz CT molecular complexity index is 971. The Morgan fingerprint density at radius 1 is 1.07 bits per heavy atom. The molecule has 5 heteroatoms. The minimum atomic E-state index is -0.130. The Hall–Kier alpha value is -2.95. The molecule has 0 bridgehead atoms. The van der Waals surface area contributed by atoms with Gasteiger partial charge in [-0.2, -0.15) is 4.98 Å². The summed E-state index contributed by atoms with van der Waals surface area (Å²) in [4.78, 5) is 17.1. The molecule has 1 saturated carbocycles. The number of aryl methyl sites for hydroxylation is 2. The number of aromatic nitrogens is 2. The highest BCUT2D eigenvalue weighted by Crippen LogP contribution is 2.34. The highest BCUT2D eigenvalue weighted by atomic mass is 16.5. The van der Waals surface area contributed by atoms with Crippen molar-refractivity contribution in [3.63, 3.8) is 0 Å². The van der Waals surface area contributed by atoms with Crippen molar-refractivity contribution in [2.45, 2.75) is 45.4 Å². The number of carbonyl (C=O) groups excluding carboxylic acids is 1. The molecule has 2 aromatic carbocycles. The van der Waals surface area contributed by atoms with E-state index in [0.29, 0.717) is 23.0 Å². The summed E-state index contributed by atoms with van der Waals surface area (Å²) in [5.41, 5.74) is 4.46. The minimum absolute atomic E-state index is 0.130. The summed E-state index contributed by atoms with van der Waals surface area (Å²) in [5, 5.41) is 7.08. The SMILES string of the molecule is Cc1ccc(C(=O)Nc2cccc(-c3noc(C4CCCC4)n3)c2)cc1C. The Morgan fingerprint density at radius 3 is 2.67 bits per heavy atom. The molecular formula is C22H23N3O2. The van der Waals surface area contributed by atoms with Crippen molar-refractivity contribution in [1.82, 2.24) is 10.1 Å². The van der Waals surface area contributed by atoms with Crippen molar-refractivity contribution < 1.29 is 9.32 Å². The van der Waals surface area contributed by atoms with E-state index in [4.69, 9.17) is 4.52 Å². The van der Waals surface area contributed by atoms with Crippen LogP contribution in [0.15, 0.2) is 47.0 Å². The quantitative estimate of drug-likeness (QED) is 0.688. The summed E-state index contributed by atoms with van der Waals surface area (Å²) < 4.78 is 5.47. The minimum Gasteiger partial charge on any atom is -0.339 e. The zero-order chi connectivity index (χ0) is 18.8. The van der Waals surface area contributed by atoms with Crippen molar-refractivity contribution >= 4 is 11.6 Å². The van der Waals surface area contributed by atoms with E-state index in [0.717, 1.165) is 29.9 Å². The third-order valence-electron chi connectivity index (χ3n) is 5.29. The van der Waals surface area contributed by atoms with Crippen molar-refractivity contribution in [3.8, 4) is 11.4 Å². The second-order valence-corrected chi connectivity index (χ2v) is 7.27. The van der Waals surface area contributed by atoms with E-state index in [2.05, 4.69) is 15.5 Å². The normalized spacial score (nSPS) is 14.4. The molecule has 0 unspecified atom stereocenters. The van der Waals surface area contributed by atoms with E-state index >= 15 is 0 Å². The lowest BCUT2D eigenvalue weighted by molar-refractivity contribution is 0.102. The lowest BCUT2D eigenvalue weighted by Gasteiger charge is -2.08. The molecule has 0 spiro atoms. The van der Waals surface area contributed by atoms with Crippen LogP contribution in [0.25, 0.3) is 11.4 Å². The Morgan fingerprint density at radius 2 is 1.89 bits per heavy atom. The molecule has 1 aromatic heterocycles. The number of carbonyl (C=O) groups is 1. The van der Waals surface area contributed by atoms with Gasteiger partial charge in [-0.3, -0.25) is 4.79 Å². The van der Waals surface area contributed by atoms with E-state index in [1.807, 2.05) is 56.3 Å². The van der Waals surface area contributed by atoms with Gasteiger partial charge in [-0.05, 0) is 62.1 Å². The van der Waals surface area contributed by atoms with Gasteiger partial charge in [0.05, 0.1) is 0 Å². The monoisotopic (exact) mass is 361 g/mol. The smallest absolute Gasteiger partial charge is 0.255 e. The Kier molecular flexibility index (Phi) is 4.75. The number of rotatable bonds is 4. The average Bonchev–Trinajstić information content (AvgIpc) is 3.35. The standard InChI is InChI=1S/C22H23N3O2/c1-14-10-11-18(12-15(14)2)21(26)23-19-9-5-8-17(13-19)20-24-22(27-25-20)16-6-3-4-7-16/h5,8-13,16H,3-4,6-7H2,1-2H3,(H,23,26). The molecule has 1 amide bonds. The van der Waals surface area contributed by atoms with Crippen LogP contribution in [-0.2, 0) is 0 Å². The van der Waals surface area contributed by atoms with Crippen LogP contribution in [0.5, 0.6) is 0 Å². The van der Waals surface area contributed by atoms with Crippen LogP contribution in [0, 0.1) is 13.8 Å². The van der Waals surface area contributed by atoms with Crippen LogP contribution in [-0.4, -0.2) is 16.0 Å². The van der Waals surface area contributed by atoms with Gasteiger partial charge in [0.15, 0.2) is 0 Å². The number of benzene rings is 2. The highest BCUT2D eigenvalue weighted by molar-refractivity contribution is 6.04. The fourth-order valence-corrected chi connectivity index (χ4v) is 3.51. The van der Waals surface area contributed by atoms with E-state index in [-0.39, 0.29) is 5.91 Å². The second-order valence-electron chi connectivity index (χ2n) is 7.27. The fourth-order valence-electron chi connectivity index (χ4n) is 3.51. The largest absolute Gasteiger partial charge is 0.339 e. The molecule has 1 aliphatic rings. The van der Waals surface area contributed by atoms with E-state index < -0.39 is 0 Å². The number of anilines is 1. The van der Waals surface area contributed by atoms with Crippen molar-refractivity contribution in [3.05, 3.63) is 65.0 Å². The van der Waals surface area contributed by atoms with Crippen LogP contribution in [0.3, 0.4) is 0 Å². The maximum Gasteiger partial charge on any atom is 0.255 e. The molecule has 1 N–H and O–H groups in total. The highest BCUT2D eigenvalue weighted by Gasteiger charge is 2.23. The molecule has 0 aliphatic heterocycles. The lowest BCUT2D eigenvalue weighted by atomic mass is 10.1. The molecule has 138 valence electrons. The first kappa shape index (κ1) is 17.5. The number of hydrogen-bond donors (Lipinski definition) is 1. The first-order chi connectivity index (χ1) is 13.1. The Balaban J connectivity index is 1.52. The summed E-state index contributed by atoms with van der Waals surface area (Å²) in [6.45, 7) is 4.04. The van der Waals surface area contributed by atoms with Crippen molar-refractivity contribution in [2.24, 2.45) is 0 Å². The van der Waals surface area contributed by atoms with Gasteiger partial charge < -0.3 is 9.84 Å². The molecule has 0 saturated heterocycles. The van der Waals surface area contributed by atoms with E-state index in [1.165, 1.54) is 18.4 Å². The van der Waals surface area contributed by atoms with Gasteiger partial charge in [0.2, 0.25) is 11.7 Å². The molecule has 1 aliphatic carbocycles. The van der Waals surface area contributed by atoms with Crippen LogP contribution < -0.4 is 5.32 Å². The Labute approximate surface area is 158 Å². The summed E-state index contributed by atoms with van der Waals surface area (Å²) >= 11 is 0. The number of amides is 1. The van der Waals surface area contributed by atoms with Crippen LogP contribution >= 0.6 is 0 Å². The first-order valence-electron chi connectivity index (χ1n) is 9.43. The predicted octanol–water partition coefficient (Wildman–Crippen LogP) is 5.26. The van der Waals surface area contributed by atoms with Gasteiger partial charge in [0.1, 0.15) is 0 Å². The van der Waals surface area contributed by atoms with Crippen LogP contribution in [0.2, 0.25) is 0 Å². The van der Waals surface area contributed by atoms with Crippen LogP contribution in [0.1, 0.15) is 59.0 Å². The molecular weight excluding hydrogens is 338 g/mol. The zero-order valence-electron chi connectivity index (χ0n) is 15.7. The van der Waals surface area contributed by atoms with Gasteiger partial charge in [-0.25, -0.2) is 0 Å². The summed E-state index contributed by atoms with van der Waals surface area (Å²) in [6.07, 6.45) is 4.69. The van der Waals surface area contributed by atoms with Crippen molar-refractivity contribution in [2.75, 3.05) is 5.32 Å². The fraction of sp³-hybridized carbons (Fsp3) is 0.318. The number of nitrogens with zero attached hydrogens (tertiary/aromatic N) is 2. The summed E-state index contributed by atoms with van der Waals surface area (Å²) in [6, 6.07) is 13.3. The zero-order valence-corrected chi connectivity index (χ0v) is 15.7. The number of hydrogen-bond acceptors (Lipinski definition) is 4. The molecule has 0 radical (unpaired) electrons. The van der Waals surface area contributed by atoms with Gasteiger partial charge in [-0.1, -0.05) is 36.2 Å². The molecule has 1 heterocycles. The third kappa shape index (κ3) is 3.77. The first-order valence-corrected chi connectivity index (χ1v) is 9.43. The molecule has 27 heavy (non-hydrogen) atoms. The molecule has 0 atom stereocenters.